The summed E-state index contributed by atoms with van der Waals surface area (Å²) in [6.07, 6.45) is 2.83. The summed E-state index contributed by atoms with van der Waals surface area (Å²) in [7, 11) is 2.25. The van der Waals surface area contributed by atoms with Gasteiger partial charge >= 0.3 is 20.0 Å². The molecular weight excluding hydrogens is 207 g/mol. The van der Waals surface area contributed by atoms with Crippen LogP contribution in [-0.2, 0) is 8.60 Å². The first-order valence-corrected chi connectivity index (χ1v) is 5.54. The molecule has 15 heavy (non-hydrogen) atoms. The molecule has 1 fully saturated rings. The second kappa shape index (κ2) is 11.5. The molecule has 0 atom stereocenters. The van der Waals surface area contributed by atoms with E-state index in [2.05, 4.69) is 13.1 Å². The molecule has 1 aliphatic rings. The average molecular weight is 228 g/mol. The molecule has 0 amide bonds. The SMILES string of the molecule is C[N+]1(CCC#N)CCCC1.[2H]C(C)=O.[O]=[AlH]. The van der Waals surface area contributed by atoms with Crippen LogP contribution in [0.5, 0.6) is 0 Å². The molecule has 0 aromatic carbocycles. The van der Waals surface area contributed by atoms with E-state index in [0.29, 0.717) is 16.2 Å². The monoisotopic (exact) mass is 228 g/mol. The average Bonchev–Trinajstić information content (AvgIpc) is 2.65. The number of hydrogen-bond donors (Lipinski definition) is 0. The predicted molar refractivity (Wildman–Crippen MR) is 59.8 cm³/mol. The van der Waals surface area contributed by atoms with Crippen molar-refractivity contribution in [2.24, 2.45) is 0 Å². The molecule has 84 valence electrons. The van der Waals surface area contributed by atoms with Crippen molar-refractivity contribution in [2.45, 2.75) is 26.2 Å². The number of likely N-dealkylation sites (tertiary alicyclic amines) is 1. The quantitative estimate of drug-likeness (QED) is 0.394. The van der Waals surface area contributed by atoms with Gasteiger partial charge in [0.2, 0.25) is 0 Å². The second-order valence-corrected chi connectivity index (χ2v) is 3.61. The Morgan fingerprint density at radius 1 is 1.53 bits per heavy atom. The van der Waals surface area contributed by atoms with Gasteiger partial charge in [0.25, 0.3) is 0 Å². The summed E-state index contributed by atoms with van der Waals surface area (Å²) in [5, 5.41) is 8.38. The van der Waals surface area contributed by atoms with Crippen LogP contribution >= 0.6 is 0 Å². The fourth-order valence-corrected chi connectivity index (χ4v) is 1.64. The van der Waals surface area contributed by atoms with Crippen LogP contribution in [0.2, 0.25) is 0 Å². The third-order valence-corrected chi connectivity index (χ3v) is 2.41. The number of carbonyl (C=O) groups excluding carboxylic acids is 1. The first kappa shape index (κ1) is 14.5. The molecule has 4 nitrogen and oxygen atoms in total. The molecule has 1 heterocycles. The van der Waals surface area contributed by atoms with E-state index in [0.717, 1.165) is 17.4 Å². The molecule has 0 aromatic rings. The third kappa shape index (κ3) is 9.75. The van der Waals surface area contributed by atoms with Gasteiger partial charge in [0.05, 0.1) is 39.2 Å². The van der Waals surface area contributed by atoms with Crippen molar-refractivity contribution in [3.05, 3.63) is 0 Å². The number of rotatable bonds is 2. The van der Waals surface area contributed by atoms with E-state index < -0.39 is 6.26 Å². The Labute approximate surface area is 101 Å². The van der Waals surface area contributed by atoms with Crippen molar-refractivity contribution < 1.29 is 14.5 Å². The van der Waals surface area contributed by atoms with Crippen molar-refractivity contribution in [1.29, 1.82) is 5.26 Å². The molecule has 0 radical (unpaired) electrons. The normalized spacial score (nSPS) is 16.9. The van der Waals surface area contributed by atoms with E-state index >= 15 is 0 Å². The Morgan fingerprint density at radius 2 is 1.93 bits per heavy atom. The number of hydrogen-bond acceptors (Lipinski definition) is 3. The van der Waals surface area contributed by atoms with Gasteiger partial charge in [-0.15, -0.1) is 0 Å². The summed E-state index contributed by atoms with van der Waals surface area (Å²) < 4.78 is 15.4. The molecule has 0 N–H and O–H groups in total. The third-order valence-electron chi connectivity index (χ3n) is 2.41. The topological polar surface area (TPSA) is 57.9 Å². The van der Waals surface area contributed by atoms with Crippen LogP contribution in [0, 0.1) is 11.3 Å². The summed E-state index contributed by atoms with van der Waals surface area (Å²) in [6.45, 7) is 4.81. The Bertz CT molecular complexity index is 233. The van der Waals surface area contributed by atoms with Gasteiger partial charge in [-0.3, -0.25) is 0 Å². The second-order valence-electron chi connectivity index (χ2n) is 3.61. The zero-order valence-corrected chi connectivity index (χ0v) is 11.1. The molecule has 0 unspecified atom stereocenters. The minimum atomic E-state index is -0.583. The van der Waals surface area contributed by atoms with Gasteiger partial charge in [-0.25, -0.2) is 0 Å². The first-order chi connectivity index (χ1) is 7.50. The minimum absolute atomic E-state index is 0.583. The maximum absolute atomic E-state index is 9.11. The van der Waals surface area contributed by atoms with E-state index in [1.54, 1.807) is 0 Å². The molecular formula is C10H20AlN2O2+. The molecule has 0 spiro atoms. The van der Waals surface area contributed by atoms with Crippen molar-refractivity contribution in [1.82, 2.24) is 0 Å². The Hall–Kier alpha value is -0.548. The van der Waals surface area contributed by atoms with Crippen molar-refractivity contribution in [2.75, 3.05) is 26.7 Å². The van der Waals surface area contributed by atoms with Crippen LogP contribution in [0.4, 0.5) is 0 Å². The standard InChI is InChI=1S/C8H15N2.C2H4O.Al.O.H/c1-10(8-4-5-9)6-2-3-7-10;1-2-3;;;/h2-4,6-8H2,1H3;2H,1H3;;;/q+1;;;;/i;2D;;;. The number of carbonyl (C=O) groups is 1. The van der Waals surface area contributed by atoms with Gasteiger partial charge in [0.1, 0.15) is 7.63 Å². The van der Waals surface area contributed by atoms with Crippen molar-refractivity contribution in [3.8, 4) is 6.07 Å². The van der Waals surface area contributed by atoms with E-state index in [1.807, 2.05) is 0 Å². The molecule has 5 heteroatoms. The van der Waals surface area contributed by atoms with Crippen LogP contribution < -0.4 is 0 Å². The Morgan fingerprint density at radius 3 is 2.27 bits per heavy atom. The van der Waals surface area contributed by atoms with Crippen molar-refractivity contribution >= 4 is 22.5 Å². The van der Waals surface area contributed by atoms with Crippen LogP contribution in [-0.4, -0.2) is 53.7 Å². The Balaban J connectivity index is 0. The maximum atomic E-state index is 9.11. The number of quaternary nitrogens is 1. The van der Waals surface area contributed by atoms with Crippen LogP contribution in [0.1, 0.15) is 27.6 Å². The van der Waals surface area contributed by atoms with Gasteiger partial charge < -0.3 is 9.28 Å². The van der Waals surface area contributed by atoms with E-state index in [1.165, 1.54) is 32.9 Å². The number of aldehydes is 1. The summed E-state index contributed by atoms with van der Waals surface area (Å²) in [4.78, 5) is 9.11. The zero-order chi connectivity index (χ0) is 13.0. The van der Waals surface area contributed by atoms with Crippen LogP contribution in [0.3, 0.4) is 0 Å². The van der Waals surface area contributed by atoms with Gasteiger partial charge in [-0.2, -0.15) is 5.26 Å². The molecule has 1 saturated heterocycles. The molecule has 0 aromatic heterocycles. The number of nitrogens with zero attached hydrogens (tertiary/aromatic N) is 2. The molecule has 1 aliphatic heterocycles. The summed E-state index contributed by atoms with van der Waals surface area (Å²) in [6, 6.07) is 2.20. The van der Waals surface area contributed by atoms with E-state index in [-0.39, 0.29) is 0 Å². The van der Waals surface area contributed by atoms with E-state index in [4.69, 9.17) is 15.2 Å². The van der Waals surface area contributed by atoms with Gasteiger partial charge in [0.15, 0.2) is 0 Å². The van der Waals surface area contributed by atoms with Gasteiger partial charge in [0, 0.05) is 12.8 Å². The molecule has 1 rings (SSSR count). The van der Waals surface area contributed by atoms with Crippen molar-refractivity contribution in [3.63, 3.8) is 0 Å². The summed E-state index contributed by atoms with van der Waals surface area (Å²) in [5.74, 6) is 0. The molecule has 0 aliphatic carbocycles. The Kier molecular flexibility index (Phi) is 11.1. The molecule has 0 saturated carbocycles. The van der Waals surface area contributed by atoms with Gasteiger partial charge in [-0.05, 0) is 6.92 Å². The number of nitriles is 1. The van der Waals surface area contributed by atoms with Crippen LogP contribution in [0.25, 0.3) is 0 Å². The fourth-order valence-electron chi connectivity index (χ4n) is 1.64. The predicted octanol–water partition coefficient (Wildman–Crippen LogP) is 0.578. The molecule has 0 bridgehead atoms. The first-order valence-electron chi connectivity index (χ1n) is 5.47. The zero-order valence-electron chi connectivity index (χ0n) is 10.7. The fraction of sp³-hybridized carbons (Fsp3) is 0.800. The van der Waals surface area contributed by atoms with E-state index in [9.17, 15) is 0 Å². The van der Waals surface area contributed by atoms with Gasteiger partial charge in [-0.1, -0.05) is 0 Å². The summed E-state index contributed by atoms with van der Waals surface area (Å²) in [5.41, 5.74) is 0. The summed E-state index contributed by atoms with van der Waals surface area (Å²) >= 11 is 0.611. The van der Waals surface area contributed by atoms with Crippen LogP contribution in [0.15, 0.2) is 0 Å².